The van der Waals surface area contributed by atoms with Crippen LogP contribution >= 0.6 is 11.6 Å². The number of hydrogen-bond donors (Lipinski definition) is 0. The summed E-state index contributed by atoms with van der Waals surface area (Å²) < 4.78 is 0. The predicted octanol–water partition coefficient (Wildman–Crippen LogP) is 1.64. The van der Waals surface area contributed by atoms with Gasteiger partial charge in [0.15, 0.2) is 0 Å². The summed E-state index contributed by atoms with van der Waals surface area (Å²) in [7, 11) is 0. The topological polar surface area (TPSA) is 40.6 Å². The largest absolute Gasteiger partial charge is 0.312 e. The zero-order valence-corrected chi connectivity index (χ0v) is 9.85. The van der Waals surface area contributed by atoms with Crippen LogP contribution in [0.4, 0.5) is 5.69 Å². The van der Waals surface area contributed by atoms with E-state index >= 15 is 0 Å². The van der Waals surface area contributed by atoms with E-state index in [1.807, 2.05) is 12.1 Å². The fourth-order valence-electron chi connectivity index (χ4n) is 2.51. The quantitative estimate of drug-likeness (QED) is 0.760. The molecule has 2 aliphatic heterocycles. The molecule has 2 amide bonds. The highest BCUT2D eigenvalue weighted by atomic mass is 35.5. The number of fused-ring (bicyclic) bond motifs is 1. The lowest BCUT2D eigenvalue weighted by Gasteiger charge is -2.24. The molecule has 5 heteroatoms. The molecule has 0 aliphatic carbocycles. The Morgan fingerprint density at radius 2 is 2.06 bits per heavy atom. The summed E-state index contributed by atoms with van der Waals surface area (Å²) in [6.07, 6.45) is 1.11. The highest BCUT2D eigenvalue weighted by molar-refractivity contribution is 6.31. The molecule has 2 fully saturated rings. The first-order valence-corrected chi connectivity index (χ1v) is 5.92. The van der Waals surface area contributed by atoms with Crippen LogP contribution in [0.25, 0.3) is 0 Å². The minimum atomic E-state index is -0.117. The van der Waals surface area contributed by atoms with Crippen molar-refractivity contribution in [1.29, 1.82) is 0 Å². The zero-order chi connectivity index (χ0) is 12.0. The maximum atomic E-state index is 11.9. The van der Waals surface area contributed by atoms with Crippen LogP contribution in [0, 0.1) is 0 Å². The van der Waals surface area contributed by atoms with Gasteiger partial charge in [0.25, 0.3) is 0 Å². The molecule has 0 saturated carbocycles. The molecule has 0 radical (unpaired) electrons. The molecule has 4 nitrogen and oxygen atoms in total. The van der Waals surface area contributed by atoms with Crippen LogP contribution in [0.1, 0.15) is 12.8 Å². The van der Waals surface area contributed by atoms with E-state index in [9.17, 15) is 9.59 Å². The third kappa shape index (κ3) is 1.60. The number of halogens is 1. The number of benzene rings is 1. The van der Waals surface area contributed by atoms with Gasteiger partial charge in [0.2, 0.25) is 11.8 Å². The summed E-state index contributed by atoms with van der Waals surface area (Å²) in [6, 6.07) is 7.18. The maximum Gasteiger partial charge on any atom is 0.248 e. The lowest BCUT2D eigenvalue weighted by atomic mass is 10.2. The second-order valence-corrected chi connectivity index (χ2v) is 4.72. The first-order chi connectivity index (χ1) is 8.16. The minimum absolute atomic E-state index is 0.0367. The highest BCUT2D eigenvalue weighted by Gasteiger charge is 2.45. The number of nitrogens with zero attached hydrogens (tertiary/aromatic N) is 2. The van der Waals surface area contributed by atoms with Crippen LogP contribution in [0.2, 0.25) is 5.02 Å². The van der Waals surface area contributed by atoms with Crippen molar-refractivity contribution >= 4 is 29.1 Å². The molecule has 3 rings (SSSR count). The molecule has 0 aromatic heterocycles. The summed E-state index contributed by atoms with van der Waals surface area (Å²) in [5.74, 6) is 0.0261. The van der Waals surface area contributed by atoms with Gasteiger partial charge < -0.3 is 4.90 Å². The molecular weight excluding hydrogens is 240 g/mol. The van der Waals surface area contributed by atoms with Gasteiger partial charge in [-0.05, 0) is 24.6 Å². The predicted molar refractivity (Wildman–Crippen MR) is 63.7 cm³/mol. The molecule has 2 aliphatic rings. The van der Waals surface area contributed by atoms with Crippen LogP contribution < -0.4 is 4.90 Å². The van der Waals surface area contributed by atoms with Gasteiger partial charge in [0.1, 0.15) is 12.7 Å². The Morgan fingerprint density at radius 3 is 2.82 bits per heavy atom. The van der Waals surface area contributed by atoms with E-state index in [0.29, 0.717) is 17.9 Å². The number of hydrogen-bond acceptors (Lipinski definition) is 2. The Balaban J connectivity index is 1.98. The summed E-state index contributed by atoms with van der Waals surface area (Å²) >= 11 is 5.92. The zero-order valence-electron chi connectivity index (χ0n) is 9.10. The minimum Gasteiger partial charge on any atom is -0.312 e. The monoisotopic (exact) mass is 250 g/mol. The van der Waals surface area contributed by atoms with Crippen LogP contribution in [0.15, 0.2) is 24.3 Å². The molecule has 1 atom stereocenters. The van der Waals surface area contributed by atoms with Crippen LogP contribution in [0.3, 0.4) is 0 Å². The van der Waals surface area contributed by atoms with E-state index in [-0.39, 0.29) is 24.5 Å². The van der Waals surface area contributed by atoms with E-state index in [1.165, 1.54) is 0 Å². The lowest BCUT2D eigenvalue weighted by molar-refractivity contribution is -0.129. The normalized spacial score (nSPS) is 23.5. The summed E-state index contributed by atoms with van der Waals surface area (Å²) in [5, 5.41) is 0.595. The third-order valence-corrected chi connectivity index (χ3v) is 3.49. The number of amides is 2. The van der Waals surface area contributed by atoms with Crippen molar-refractivity contribution in [2.45, 2.75) is 19.0 Å². The van der Waals surface area contributed by atoms with Gasteiger partial charge in [0, 0.05) is 17.1 Å². The number of carbonyl (C=O) groups excluding carboxylic acids is 2. The third-order valence-electron chi connectivity index (χ3n) is 3.26. The first kappa shape index (κ1) is 10.6. The Bertz CT molecular complexity index is 503. The Labute approximate surface area is 104 Å². The summed E-state index contributed by atoms with van der Waals surface area (Å²) in [6.45, 7) is 0.190. The molecule has 1 aromatic carbocycles. The van der Waals surface area contributed by atoms with Gasteiger partial charge in [0.05, 0.1) is 0 Å². The standard InChI is InChI=1S/C12H11ClN2O2/c13-8-2-1-3-9(6-8)15-10-4-5-11(16)14(10)7-12(15)17/h1-3,6,10H,4-5,7H2. The first-order valence-electron chi connectivity index (χ1n) is 5.54. The van der Waals surface area contributed by atoms with E-state index in [4.69, 9.17) is 11.6 Å². The molecule has 1 unspecified atom stereocenters. The number of anilines is 1. The van der Waals surface area contributed by atoms with Gasteiger partial charge in [-0.1, -0.05) is 17.7 Å². The lowest BCUT2D eigenvalue weighted by Crippen LogP contribution is -2.36. The van der Waals surface area contributed by atoms with Gasteiger partial charge in [-0.2, -0.15) is 0 Å². The van der Waals surface area contributed by atoms with Crippen molar-refractivity contribution in [3.63, 3.8) is 0 Å². The van der Waals surface area contributed by atoms with E-state index in [2.05, 4.69) is 0 Å². The molecule has 0 bridgehead atoms. The fraction of sp³-hybridized carbons (Fsp3) is 0.333. The van der Waals surface area contributed by atoms with Crippen molar-refractivity contribution in [3.8, 4) is 0 Å². The van der Waals surface area contributed by atoms with Crippen molar-refractivity contribution in [2.75, 3.05) is 11.4 Å². The molecule has 2 saturated heterocycles. The molecular formula is C12H11ClN2O2. The SMILES string of the molecule is O=C1CCC2N1CC(=O)N2c1cccc(Cl)c1. The number of rotatable bonds is 1. The van der Waals surface area contributed by atoms with Crippen molar-refractivity contribution < 1.29 is 9.59 Å². The van der Waals surface area contributed by atoms with Crippen molar-refractivity contribution in [1.82, 2.24) is 4.90 Å². The van der Waals surface area contributed by atoms with Crippen molar-refractivity contribution in [3.05, 3.63) is 29.3 Å². The van der Waals surface area contributed by atoms with Gasteiger partial charge >= 0.3 is 0 Å². The van der Waals surface area contributed by atoms with Crippen LogP contribution in [-0.4, -0.2) is 29.4 Å². The molecule has 0 N–H and O–H groups in total. The van der Waals surface area contributed by atoms with E-state index in [1.54, 1.807) is 21.9 Å². The second kappa shape index (κ2) is 3.74. The average molecular weight is 251 g/mol. The van der Waals surface area contributed by atoms with E-state index < -0.39 is 0 Å². The summed E-state index contributed by atoms with van der Waals surface area (Å²) in [4.78, 5) is 26.8. The number of carbonyl (C=O) groups is 2. The maximum absolute atomic E-state index is 11.9. The Kier molecular flexibility index (Phi) is 2.33. The molecule has 2 heterocycles. The summed E-state index contributed by atoms with van der Waals surface area (Å²) in [5.41, 5.74) is 0.768. The molecule has 1 aromatic rings. The van der Waals surface area contributed by atoms with Gasteiger partial charge in [-0.25, -0.2) is 0 Å². The molecule has 17 heavy (non-hydrogen) atoms. The second-order valence-electron chi connectivity index (χ2n) is 4.28. The van der Waals surface area contributed by atoms with E-state index in [0.717, 1.165) is 5.69 Å². The fourth-order valence-corrected chi connectivity index (χ4v) is 2.69. The Hall–Kier alpha value is -1.55. The van der Waals surface area contributed by atoms with Gasteiger partial charge in [-0.15, -0.1) is 0 Å². The van der Waals surface area contributed by atoms with Crippen LogP contribution in [0.5, 0.6) is 0 Å². The van der Waals surface area contributed by atoms with Crippen molar-refractivity contribution in [2.24, 2.45) is 0 Å². The molecule has 0 spiro atoms. The van der Waals surface area contributed by atoms with Crippen LogP contribution in [-0.2, 0) is 9.59 Å². The Morgan fingerprint density at radius 1 is 1.24 bits per heavy atom. The molecule has 88 valence electrons. The smallest absolute Gasteiger partial charge is 0.248 e. The van der Waals surface area contributed by atoms with Gasteiger partial charge in [-0.3, -0.25) is 14.5 Å². The average Bonchev–Trinajstić information content (AvgIpc) is 2.79. The highest BCUT2D eigenvalue weighted by Crippen LogP contribution is 2.32.